The summed E-state index contributed by atoms with van der Waals surface area (Å²) in [7, 11) is 2.88. The van der Waals surface area contributed by atoms with Crippen molar-refractivity contribution in [1.82, 2.24) is 0 Å². The predicted octanol–water partition coefficient (Wildman–Crippen LogP) is 1.81. The number of ether oxygens (including phenoxy) is 2. The lowest BCUT2D eigenvalue weighted by Gasteiger charge is -2.12. The summed E-state index contributed by atoms with van der Waals surface area (Å²) < 4.78 is 10.1. The van der Waals surface area contributed by atoms with Crippen molar-refractivity contribution in [3.63, 3.8) is 0 Å². The van der Waals surface area contributed by atoms with Gasteiger partial charge in [-0.15, -0.1) is 0 Å². The van der Waals surface area contributed by atoms with Crippen LogP contribution in [0.1, 0.15) is 28.8 Å². The Morgan fingerprint density at radius 3 is 2.16 bits per heavy atom. The second-order valence-electron chi connectivity index (χ2n) is 3.92. The number of rotatable bonds is 7. The minimum absolute atomic E-state index is 0.00654. The summed E-state index contributed by atoms with van der Waals surface area (Å²) in [6.07, 6.45) is 0.715. The van der Waals surface area contributed by atoms with Crippen LogP contribution in [0.15, 0.2) is 12.1 Å². The third kappa shape index (κ3) is 3.87. The fraction of sp³-hybridized carbons (Fsp3) is 0.385. The second kappa shape index (κ2) is 6.63. The number of hydrogen-bond acceptors (Lipinski definition) is 4. The Labute approximate surface area is 110 Å². The van der Waals surface area contributed by atoms with Gasteiger partial charge in [-0.1, -0.05) is 0 Å². The van der Waals surface area contributed by atoms with Gasteiger partial charge in [0, 0.05) is 6.42 Å². The van der Waals surface area contributed by atoms with E-state index in [-0.39, 0.29) is 12.0 Å². The molecule has 6 heteroatoms. The number of carbonyl (C=O) groups is 2. The predicted molar refractivity (Wildman–Crippen MR) is 67.1 cm³/mol. The maximum Gasteiger partial charge on any atom is 0.336 e. The topological polar surface area (TPSA) is 93.1 Å². The molecular weight excluding hydrogens is 252 g/mol. The average molecular weight is 268 g/mol. The van der Waals surface area contributed by atoms with E-state index in [0.29, 0.717) is 29.9 Å². The van der Waals surface area contributed by atoms with Gasteiger partial charge in [0.05, 0.1) is 19.8 Å². The zero-order valence-corrected chi connectivity index (χ0v) is 10.8. The molecule has 19 heavy (non-hydrogen) atoms. The van der Waals surface area contributed by atoms with E-state index in [9.17, 15) is 9.59 Å². The lowest BCUT2D eigenvalue weighted by atomic mass is 10.0. The summed E-state index contributed by atoms with van der Waals surface area (Å²) >= 11 is 0. The highest BCUT2D eigenvalue weighted by molar-refractivity contribution is 5.90. The van der Waals surface area contributed by atoms with E-state index >= 15 is 0 Å². The molecule has 0 radical (unpaired) electrons. The molecule has 0 saturated carbocycles. The van der Waals surface area contributed by atoms with E-state index < -0.39 is 11.9 Å². The van der Waals surface area contributed by atoms with Gasteiger partial charge in [0.1, 0.15) is 0 Å². The standard InChI is InChI=1S/C13H16O6/c1-18-10-6-8(4-3-5-12(14)15)9(13(16)17)7-11(10)19-2/h6-7H,3-5H2,1-2H3,(H,14,15)(H,16,17). The van der Waals surface area contributed by atoms with E-state index in [1.165, 1.54) is 20.3 Å². The third-order valence-corrected chi connectivity index (χ3v) is 2.68. The van der Waals surface area contributed by atoms with Crippen molar-refractivity contribution in [1.29, 1.82) is 0 Å². The minimum atomic E-state index is -1.08. The van der Waals surface area contributed by atoms with Gasteiger partial charge in [-0.2, -0.15) is 0 Å². The highest BCUT2D eigenvalue weighted by Crippen LogP contribution is 2.31. The van der Waals surface area contributed by atoms with Crippen molar-refractivity contribution in [2.45, 2.75) is 19.3 Å². The molecule has 0 aliphatic heterocycles. The SMILES string of the molecule is COc1cc(CCCC(=O)O)c(C(=O)O)cc1OC. The molecule has 0 aromatic heterocycles. The fourth-order valence-corrected chi connectivity index (χ4v) is 1.76. The number of aliphatic carboxylic acids is 1. The molecule has 1 aromatic carbocycles. The van der Waals surface area contributed by atoms with Crippen LogP contribution in [0, 0.1) is 0 Å². The summed E-state index contributed by atoms with van der Waals surface area (Å²) in [6.45, 7) is 0. The quantitative estimate of drug-likeness (QED) is 0.783. The molecule has 0 fully saturated rings. The zero-order valence-electron chi connectivity index (χ0n) is 10.8. The van der Waals surface area contributed by atoms with Crippen LogP contribution in [-0.2, 0) is 11.2 Å². The molecule has 0 saturated heterocycles. The van der Waals surface area contributed by atoms with Crippen LogP contribution >= 0.6 is 0 Å². The highest BCUT2D eigenvalue weighted by atomic mass is 16.5. The van der Waals surface area contributed by atoms with Crippen LogP contribution in [0.25, 0.3) is 0 Å². The maximum absolute atomic E-state index is 11.2. The lowest BCUT2D eigenvalue weighted by molar-refractivity contribution is -0.137. The molecule has 0 aliphatic carbocycles. The van der Waals surface area contributed by atoms with E-state index in [0.717, 1.165) is 0 Å². The minimum Gasteiger partial charge on any atom is -0.493 e. The Hall–Kier alpha value is -2.24. The number of hydrogen-bond donors (Lipinski definition) is 2. The van der Waals surface area contributed by atoms with Crippen LogP contribution < -0.4 is 9.47 Å². The number of aryl methyl sites for hydroxylation is 1. The van der Waals surface area contributed by atoms with Crippen molar-refractivity contribution >= 4 is 11.9 Å². The van der Waals surface area contributed by atoms with Gasteiger partial charge in [0.15, 0.2) is 11.5 Å². The number of methoxy groups -OCH3 is 2. The van der Waals surface area contributed by atoms with Gasteiger partial charge in [0.25, 0.3) is 0 Å². The summed E-state index contributed by atoms with van der Waals surface area (Å²) in [5.74, 6) is -1.22. The molecule has 2 N–H and O–H groups in total. The molecule has 1 aromatic rings. The van der Waals surface area contributed by atoms with E-state index in [4.69, 9.17) is 19.7 Å². The van der Waals surface area contributed by atoms with E-state index in [1.54, 1.807) is 6.07 Å². The lowest BCUT2D eigenvalue weighted by Crippen LogP contribution is -2.05. The number of carboxylic acids is 2. The first-order chi connectivity index (χ1) is 8.99. The van der Waals surface area contributed by atoms with Gasteiger partial charge in [-0.3, -0.25) is 4.79 Å². The molecular formula is C13H16O6. The van der Waals surface area contributed by atoms with Gasteiger partial charge < -0.3 is 19.7 Å². The van der Waals surface area contributed by atoms with Gasteiger partial charge in [-0.05, 0) is 30.5 Å². The van der Waals surface area contributed by atoms with Crippen LogP contribution in [-0.4, -0.2) is 36.4 Å². The number of benzene rings is 1. The monoisotopic (exact) mass is 268 g/mol. The van der Waals surface area contributed by atoms with Crippen LogP contribution in [0.5, 0.6) is 11.5 Å². The maximum atomic E-state index is 11.2. The first-order valence-electron chi connectivity index (χ1n) is 5.69. The number of carboxylic acid groups (broad SMARTS) is 2. The van der Waals surface area contributed by atoms with Crippen molar-refractivity contribution < 1.29 is 29.3 Å². The molecule has 1 rings (SSSR count). The Kier molecular flexibility index (Phi) is 5.17. The van der Waals surface area contributed by atoms with Crippen molar-refractivity contribution in [3.8, 4) is 11.5 Å². The first kappa shape index (κ1) is 14.8. The van der Waals surface area contributed by atoms with Crippen molar-refractivity contribution in [2.75, 3.05) is 14.2 Å². The van der Waals surface area contributed by atoms with Gasteiger partial charge >= 0.3 is 11.9 Å². The molecule has 6 nitrogen and oxygen atoms in total. The smallest absolute Gasteiger partial charge is 0.336 e. The average Bonchev–Trinajstić information content (AvgIpc) is 2.37. The van der Waals surface area contributed by atoms with E-state index in [1.807, 2.05) is 0 Å². The third-order valence-electron chi connectivity index (χ3n) is 2.68. The molecule has 0 atom stereocenters. The highest BCUT2D eigenvalue weighted by Gasteiger charge is 2.16. The summed E-state index contributed by atoms with van der Waals surface area (Å²) in [4.78, 5) is 21.6. The molecule has 104 valence electrons. The molecule has 0 spiro atoms. The molecule has 0 bridgehead atoms. The molecule has 0 aliphatic rings. The van der Waals surface area contributed by atoms with Crippen LogP contribution in [0.3, 0.4) is 0 Å². The van der Waals surface area contributed by atoms with E-state index in [2.05, 4.69) is 0 Å². The van der Waals surface area contributed by atoms with Crippen LogP contribution in [0.4, 0.5) is 0 Å². The van der Waals surface area contributed by atoms with Crippen molar-refractivity contribution in [2.24, 2.45) is 0 Å². The summed E-state index contributed by atoms with van der Waals surface area (Å²) in [5.41, 5.74) is 0.634. The van der Waals surface area contributed by atoms with Gasteiger partial charge in [0.2, 0.25) is 0 Å². The fourth-order valence-electron chi connectivity index (χ4n) is 1.76. The molecule has 0 unspecified atom stereocenters. The first-order valence-corrected chi connectivity index (χ1v) is 5.69. The Morgan fingerprint density at radius 2 is 1.68 bits per heavy atom. The summed E-state index contributed by atoms with van der Waals surface area (Å²) in [5, 5.41) is 17.7. The normalized spacial score (nSPS) is 10.0. The second-order valence-corrected chi connectivity index (χ2v) is 3.92. The zero-order chi connectivity index (χ0) is 14.4. The molecule has 0 heterocycles. The number of aromatic carboxylic acids is 1. The van der Waals surface area contributed by atoms with Crippen molar-refractivity contribution in [3.05, 3.63) is 23.3 Å². The summed E-state index contributed by atoms with van der Waals surface area (Å²) in [6, 6.07) is 2.96. The largest absolute Gasteiger partial charge is 0.493 e. The van der Waals surface area contributed by atoms with Crippen LogP contribution in [0.2, 0.25) is 0 Å². The van der Waals surface area contributed by atoms with Gasteiger partial charge in [-0.25, -0.2) is 4.79 Å². The Morgan fingerprint density at radius 1 is 1.11 bits per heavy atom. The molecule has 0 amide bonds. The Balaban J connectivity index is 3.05. The Bertz CT molecular complexity index is 480.